The Morgan fingerprint density at radius 1 is 1.11 bits per heavy atom. The lowest BCUT2D eigenvalue weighted by Crippen LogP contribution is -2.36. The molecule has 0 radical (unpaired) electrons. The minimum absolute atomic E-state index is 0.155. The summed E-state index contributed by atoms with van der Waals surface area (Å²) in [7, 11) is 4.04. The van der Waals surface area contributed by atoms with Crippen LogP contribution < -0.4 is 0 Å². The molecule has 0 aliphatic rings. The number of aryl methyl sites for hydroxylation is 2. The van der Waals surface area contributed by atoms with Crippen molar-refractivity contribution < 1.29 is 24.6 Å². The van der Waals surface area contributed by atoms with E-state index in [4.69, 9.17) is 24.8 Å². The number of hydrogen-bond acceptors (Lipinski definition) is 7. The number of aromatic amines is 1. The van der Waals surface area contributed by atoms with Gasteiger partial charge in [-0.1, -0.05) is 11.6 Å². The Kier molecular flexibility index (Phi) is 13.7. The molecule has 10 nitrogen and oxygen atoms in total. The fourth-order valence-corrected chi connectivity index (χ4v) is 4.05. The van der Waals surface area contributed by atoms with Crippen LogP contribution in [0, 0.1) is 13.8 Å². The summed E-state index contributed by atoms with van der Waals surface area (Å²) < 4.78 is 0. The third-order valence-electron chi connectivity index (χ3n) is 4.80. The highest BCUT2D eigenvalue weighted by molar-refractivity contribution is 7.99. The topological polar surface area (TPSA) is 140 Å². The molecule has 1 amide bonds. The second-order valence-corrected chi connectivity index (χ2v) is 8.92. The van der Waals surface area contributed by atoms with Crippen LogP contribution in [0.2, 0.25) is 0 Å². The van der Waals surface area contributed by atoms with Gasteiger partial charge in [0.25, 0.3) is 12.9 Å². The Labute approximate surface area is 209 Å². The van der Waals surface area contributed by atoms with Crippen molar-refractivity contribution in [2.24, 2.45) is 0 Å². The molecule has 0 atom stereocenters. The lowest BCUT2D eigenvalue weighted by molar-refractivity contribution is -0.131. The quantitative estimate of drug-likeness (QED) is 0.297. The van der Waals surface area contributed by atoms with Gasteiger partial charge in [-0.05, 0) is 51.7 Å². The number of nitrogens with zero attached hydrogens (tertiary/aromatic N) is 4. The van der Waals surface area contributed by atoms with Gasteiger partial charge < -0.3 is 25.0 Å². The lowest BCUT2D eigenvalue weighted by atomic mass is 10.1. The number of benzene rings is 1. The number of H-pyrrole nitrogens is 1. The first-order valence-electron chi connectivity index (χ1n) is 10.8. The van der Waals surface area contributed by atoms with E-state index in [2.05, 4.69) is 53.0 Å². The molecule has 1 aromatic carbocycles. The molecular formula is C24H33N5O5S. The molecule has 0 bridgehead atoms. The summed E-state index contributed by atoms with van der Waals surface area (Å²) in [6, 6.07) is 8.45. The van der Waals surface area contributed by atoms with Crippen LogP contribution in [-0.4, -0.2) is 86.8 Å². The number of amides is 1. The molecule has 3 rings (SSSR count). The number of carboxylic acid groups (broad SMARTS) is 2. The molecule has 2 heterocycles. The largest absolute Gasteiger partial charge is 0.483 e. The Morgan fingerprint density at radius 3 is 2.40 bits per heavy atom. The first kappa shape index (κ1) is 29.6. The van der Waals surface area contributed by atoms with Crippen LogP contribution in [0.4, 0.5) is 0 Å². The molecule has 3 N–H and O–H groups in total. The molecule has 35 heavy (non-hydrogen) atoms. The fourth-order valence-electron chi connectivity index (χ4n) is 3.14. The average Bonchev–Trinajstić information content (AvgIpc) is 3.31. The number of aromatic nitrogens is 3. The molecule has 0 saturated carbocycles. The van der Waals surface area contributed by atoms with Crippen molar-refractivity contribution in [3.63, 3.8) is 0 Å². The minimum atomic E-state index is -0.250. The highest BCUT2D eigenvalue weighted by atomic mass is 32.2. The van der Waals surface area contributed by atoms with Crippen molar-refractivity contribution in [1.29, 1.82) is 0 Å². The summed E-state index contributed by atoms with van der Waals surface area (Å²) in [5, 5.41) is 15.9. The van der Waals surface area contributed by atoms with E-state index in [-0.39, 0.29) is 18.9 Å². The average molecular weight is 504 g/mol. The monoisotopic (exact) mass is 503 g/mol. The van der Waals surface area contributed by atoms with Crippen molar-refractivity contribution in [1.82, 2.24) is 24.8 Å². The number of carbonyl (C=O) groups excluding carboxylic acids is 1. The number of thioether (sulfide) groups is 1. The van der Waals surface area contributed by atoms with E-state index in [1.807, 2.05) is 19.0 Å². The lowest BCUT2D eigenvalue weighted by Gasteiger charge is -2.24. The SMILES string of the molecule is Cc1ccc2nc(SCCC(=O)N(CCN(C)C)Cc3cnc[nH]3)cc(C)c2c1.O=CO.O=CO. The number of imidazole rings is 1. The van der Waals surface area contributed by atoms with Gasteiger partial charge in [0.15, 0.2) is 0 Å². The second kappa shape index (κ2) is 16.2. The summed E-state index contributed by atoms with van der Waals surface area (Å²) in [5.41, 5.74) is 4.42. The van der Waals surface area contributed by atoms with Crippen LogP contribution in [0.1, 0.15) is 23.2 Å². The van der Waals surface area contributed by atoms with Gasteiger partial charge in [-0.2, -0.15) is 0 Å². The van der Waals surface area contributed by atoms with Crippen LogP contribution in [0.15, 0.2) is 41.8 Å². The van der Waals surface area contributed by atoms with Crippen LogP contribution in [0.25, 0.3) is 10.9 Å². The van der Waals surface area contributed by atoms with Crippen LogP contribution in [0.5, 0.6) is 0 Å². The molecule has 0 unspecified atom stereocenters. The zero-order valence-electron chi connectivity index (χ0n) is 20.5. The first-order valence-corrected chi connectivity index (χ1v) is 11.8. The highest BCUT2D eigenvalue weighted by Gasteiger charge is 2.15. The van der Waals surface area contributed by atoms with Crippen molar-refractivity contribution >= 4 is 41.5 Å². The molecule has 2 aromatic heterocycles. The molecule has 3 aromatic rings. The Balaban J connectivity index is 0.000000926. The summed E-state index contributed by atoms with van der Waals surface area (Å²) in [5.74, 6) is 0.867. The minimum Gasteiger partial charge on any atom is -0.483 e. The van der Waals surface area contributed by atoms with E-state index in [9.17, 15) is 4.79 Å². The van der Waals surface area contributed by atoms with E-state index >= 15 is 0 Å². The van der Waals surface area contributed by atoms with E-state index in [0.717, 1.165) is 22.8 Å². The third-order valence-corrected chi connectivity index (χ3v) is 5.71. The Hall–Kier alpha value is -3.44. The first-order chi connectivity index (χ1) is 16.7. The number of likely N-dealkylation sites (N-methyl/N-ethyl adjacent to an activating group) is 1. The molecule has 0 aliphatic heterocycles. The summed E-state index contributed by atoms with van der Waals surface area (Å²) in [6.07, 6.45) is 3.90. The van der Waals surface area contributed by atoms with Gasteiger partial charge in [-0.3, -0.25) is 14.4 Å². The molecule has 0 fully saturated rings. The van der Waals surface area contributed by atoms with Crippen LogP contribution in [-0.2, 0) is 20.9 Å². The molecule has 190 valence electrons. The maximum absolute atomic E-state index is 12.8. The molecule has 0 spiro atoms. The second-order valence-electron chi connectivity index (χ2n) is 7.80. The summed E-state index contributed by atoms with van der Waals surface area (Å²) in [6.45, 7) is 5.80. The van der Waals surface area contributed by atoms with Gasteiger partial charge >= 0.3 is 0 Å². The van der Waals surface area contributed by atoms with Gasteiger partial charge in [0.05, 0.1) is 29.1 Å². The molecule has 11 heteroatoms. The van der Waals surface area contributed by atoms with Gasteiger partial charge in [0.1, 0.15) is 0 Å². The predicted octanol–water partition coefficient (Wildman–Crippen LogP) is 3.05. The van der Waals surface area contributed by atoms with E-state index in [0.29, 0.717) is 25.3 Å². The van der Waals surface area contributed by atoms with Crippen LogP contribution in [0.3, 0.4) is 0 Å². The molecule has 0 aliphatic carbocycles. The van der Waals surface area contributed by atoms with Crippen molar-refractivity contribution in [2.45, 2.75) is 31.8 Å². The summed E-state index contributed by atoms with van der Waals surface area (Å²) in [4.78, 5) is 45.4. The number of pyridine rings is 1. The van der Waals surface area contributed by atoms with E-state index in [1.54, 1.807) is 24.3 Å². The maximum atomic E-state index is 12.8. The van der Waals surface area contributed by atoms with Crippen molar-refractivity contribution in [3.05, 3.63) is 53.6 Å². The number of hydrogen-bond donors (Lipinski definition) is 3. The Bertz CT molecular complexity index is 1050. The third kappa shape index (κ3) is 11.0. The van der Waals surface area contributed by atoms with Gasteiger partial charge in [0, 0.05) is 36.8 Å². The summed E-state index contributed by atoms with van der Waals surface area (Å²) >= 11 is 1.64. The molecular weight excluding hydrogens is 470 g/mol. The fraction of sp³-hybridized carbons (Fsp3) is 0.375. The number of nitrogens with one attached hydrogen (secondary N) is 1. The smallest absolute Gasteiger partial charge is 0.290 e. The van der Waals surface area contributed by atoms with E-state index < -0.39 is 0 Å². The van der Waals surface area contributed by atoms with Crippen LogP contribution >= 0.6 is 11.8 Å². The zero-order valence-corrected chi connectivity index (χ0v) is 21.3. The zero-order chi connectivity index (χ0) is 26.2. The van der Waals surface area contributed by atoms with Gasteiger partial charge in [-0.15, -0.1) is 11.8 Å². The van der Waals surface area contributed by atoms with E-state index in [1.165, 1.54) is 16.5 Å². The number of carbonyl (C=O) groups is 3. The van der Waals surface area contributed by atoms with Crippen molar-refractivity contribution in [3.8, 4) is 0 Å². The standard InChI is InChI=1S/C22H29N5OS.2CH2O2/c1-16-5-6-20-19(11-16)17(2)12-21(25-20)29-10-7-22(28)27(9-8-26(3)4)14-18-13-23-15-24-18;2*2-1-3/h5-6,11-13,15H,7-10,14H2,1-4H3,(H,23,24);2*1H,(H,2,3). The number of fused-ring (bicyclic) bond motifs is 1. The van der Waals surface area contributed by atoms with Gasteiger partial charge in [-0.25, -0.2) is 9.97 Å². The predicted molar refractivity (Wildman–Crippen MR) is 137 cm³/mol. The van der Waals surface area contributed by atoms with Gasteiger partial charge in [0.2, 0.25) is 5.91 Å². The Morgan fingerprint density at radius 2 is 1.80 bits per heavy atom. The normalized spacial score (nSPS) is 10.1. The van der Waals surface area contributed by atoms with Crippen molar-refractivity contribution in [2.75, 3.05) is 32.9 Å². The highest BCUT2D eigenvalue weighted by Crippen LogP contribution is 2.25. The number of rotatable bonds is 9. The molecule has 0 saturated heterocycles. The maximum Gasteiger partial charge on any atom is 0.290 e.